The van der Waals surface area contributed by atoms with E-state index in [4.69, 9.17) is 10.1 Å². The van der Waals surface area contributed by atoms with E-state index in [0.29, 0.717) is 12.0 Å². The van der Waals surface area contributed by atoms with Gasteiger partial charge in [-0.2, -0.15) is 5.10 Å². The van der Waals surface area contributed by atoms with Crippen molar-refractivity contribution in [2.24, 2.45) is 0 Å². The molecule has 0 bridgehead atoms. The number of nitrogens with zero attached hydrogens (tertiary/aromatic N) is 5. The number of pyridine rings is 1. The molecule has 0 aromatic carbocycles. The van der Waals surface area contributed by atoms with Crippen LogP contribution in [0.25, 0.3) is 11.0 Å². The van der Waals surface area contributed by atoms with Crippen molar-refractivity contribution in [3.8, 4) is 0 Å². The third-order valence-electron chi connectivity index (χ3n) is 6.03. The summed E-state index contributed by atoms with van der Waals surface area (Å²) in [5, 5.41) is 5.71. The third-order valence-corrected chi connectivity index (χ3v) is 6.03. The van der Waals surface area contributed by atoms with Gasteiger partial charge in [0.25, 0.3) is 5.91 Å². The largest absolute Gasteiger partial charge is 0.336 e. The van der Waals surface area contributed by atoms with Crippen molar-refractivity contribution in [3.63, 3.8) is 0 Å². The molecule has 0 spiro atoms. The third kappa shape index (κ3) is 3.43. The van der Waals surface area contributed by atoms with Gasteiger partial charge in [0.2, 0.25) is 0 Å². The summed E-state index contributed by atoms with van der Waals surface area (Å²) >= 11 is 0. The number of piperazine rings is 1. The van der Waals surface area contributed by atoms with Gasteiger partial charge in [-0.05, 0) is 60.5 Å². The van der Waals surface area contributed by atoms with Crippen LogP contribution in [0.2, 0.25) is 0 Å². The molecule has 0 atom stereocenters. The molecule has 0 N–H and O–H groups in total. The van der Waals surface area contributed by atoms with Crippen LogP contribution >= 0.6 is 0 Å². The minimum atomic E-state index is -0.176. The van der Waals surface area contributed by atoms with Crippen LogP contribution < -0.4 is 0 Å². The topological polar surface area (TPSA) is 54.3 Å². The molecule has 0 radical (unpaired) electrons. The zero-order valence-electron chi connectivity index (χ0n) is 18.1. The summed E-state index contributed by atoms with van der Waals surface area (Å²) in [4.78, 5) is 23.0. The second-order valence-corrected chi connectivity index (χ2v) is 9.66. The number of hydrogen-bond acceptors (Lipinski definition) is 4. The van der Waals surface area contributed by atoms with E-state index in [0.717, 1.165) is 54.2 Å². The first-order valence-electron chi connectivity index (χ1n) is 10.6. The van der Waals surface area contributed by atoms with Crippen molar-refractivity contribution in [1.29, 1.82) is 0 Å². The highest BCUT2D eigenvalue weighted by molar-refractivity contribution is 6.06. The molecular formula is C22H33N5O. The van der Waals surface area contributed by atoms with Crippen molar-refractivity contribution in [2.45, 2.75) is 71.9 Å². The van der Waals surface area contributed by atoms with Gasteiger partial charge in [0, 0.05) is 43.8 Å². The lowest BCUT2D eigenvalue weighted by Gasteiger charge is -2.37. The zero-order valence-corrected chi connectivity index (χ0v) is 18.1. The maximum Gasteiger partial charge on any atom is 0.254 e. The summed E-state index contributed by atoms with van der Waals surface area (Å²) in [6, 6.07) is 2.58. The summed E-state index contributed by atoms with van der Waals surface area (Å²) in [6.07, 6.45) is 2.34. The summed E-state index contributed by atoms with van der Waals surface area (Å²) in [7, 11) is 0. The molecule has 1 amide bonds. The fourth-order valence-electron chi connectivity index (χ4n) is 4.14. The second-order valence-electron chi connectivity index (χ2n) is 9.66. The van der Waals surface area contributed by atoms with Crippen molar-refractivity contribution in [1.82, 2.24) is 24.6 Å². The predicted octanol–water partition coefficient (Wildman–Crippen LogP) is 3.54. The number of aromatic nitrogens is 3. The Morgan fingerprint density at radius 1 is 1.14 bits per heavy atom. The van der Waals surface area contributed by atoms with Crippen LogP contribution in [0.5, 0.6) is 0 Å². The van der Waals surface area contributed by atoms with E-state index in [9.17, 15) is 4.79 Å². The van der Waals surface area contributed by atoms with E-state index in [1.807, 2.05) is 16.5 Å². The van der Waals surface area contributed by atoms with Gasteiger partial charge in [-0.25, -0.2) is 9.67 Å². The number of amides is 1. The lowest BCUT2D eigenvalue weighted by molar-refractivity contribution is 0.0597. The molecule has 6 nitrogen and oxygen atoms in total. The number of fused-ring (bicyclic) bond motifs is 1. The highest BCUT2D eigenvalue weighted by atomic mass is 16.2. The van der Waals surface area contributed by atoms with Crippen LogP contribution in [0.1, 0.15) is 75.1 Å². The van der Waals surface area contributed by atoms with Gasteiger partial charge < -0.3 is 4.90 Å². The molecule has 2 fully saturated rings. The lowest BCUT2D eigenvalue weighted by atomic mass is 10.0. The first-order valence-corrected chi connectivity index (χ1v) is 10.6. The Morgan fingerprint density at radius 3 is 2.32 bits per heavy atom. The van der Waals surface area contributed by atoms with Gasteiger partial charge in [-0.1, -0.05) is 0 Å². The Kier molecular flexibility index (Phi) is 4.73. The molecule has 1 aliphatic heterocycles. The normalized spacial score (nSPS) is 19.0. The number of carbonyl (C=O) groups excluding carboxylic acids is 1. The van der Waals surface area contributed by atoms with Gasteiger partial charge >= 0.3 is 0 Å². The summed E-state index contributed by atoms with van der Waals surface area (Å²) in [5.74, 6) is 0.631. The van der Waals surface area contributed by atoms with Crippen LogP contribution in [0.15, 0.2) is 6.07 Å². The lowest BCUT2D eigenvalue weighted by Crippen LogP contribution is -2.50. The second kappa shape index (κ2) is 6.83. The van der Waals surface area contributed by atoms with Crippen LogP contribution in [0.4, 0.5) is 0 Å². The van der Waals surface area contributed by atoms with Crippen LogP contribution in [0, 0.1) is 6.92 Å². The SMILES string of the molecule is Cc1nn(C(C)(C)C)c2nc(C3CC3)cc(C(=O)N3CCN(C(C)C)CC3)c12. The molecule has 152 valence electrons. The van der Waals surface area contributed by atoms with E-state index in [-0.39, 0.29) is 11.4 Å². The van der Waals surface area contributed by atoms with Crippen molar-refractivity contribution >= 4 is 16.9 Å². The highest BCUT2D eigenvalue weighted by Crippen LogP contribution is 2.41. The standard InChI is InChI=1S/C22H33N5O/c1-14(2)25-9-11-26(12-10-25)21(28)17-13-18(16-7-8-16)23-20-19(17)15(3)24-27(20)22(4,5)6/h13-14,16H,7-12H2,1-6H3. The molecule has 28 heavy (non-hydrogen) atoms. The minimum absolute atomic E-state index is 0.134. The molecule has 2 aromatic rings. The Hall–Kier alpha value is -1.95. The van der Waals surface area contributed by atoms with E-state index >= 15 is 0 Å². The van der Waals surface area contributed by atoms with E-state index in [1.54, 1.807) is 0 Å². The molecule has 1 aliphatic carbocycles. The number of hydrogen-bond donors (Lipinski definition) is 0. The Labute approximate surface area is 167 Å². The smallest absolute Gasteiger partial charge is 0.254 e. The van der Waals surface area contributed by atoms with Gasteiger partial charge in [-0.3, -0.25) is 9.69 Å². The van der Waals surface area contributed by atoms with Gasteiger partial charge in [0.1, 0.15) is 0 Å². The summed E-state index contributed by atoms with van der Waals surface area (Å²) in [6.45, 7) is 16.3. The zero-order chi connectivity index (χ0) is 20.2. The molecule has 4 rings (SSSR count). The monoisotopic (exact) mass is 383 g/mol. The molecule has 6 heteroatoms. The fourth-order valence-corrected chi connectivity index (χ4v) is 4.14. The van der Waals surface area contributed by atoms with Crippen molar-refractivity contribution in [2.75, 3.05) is 26.2 Å². The maximum atomic E-state index is 13.5. The molecule has 1 saturated carbocycles. The Bertz CT molecular complexity index is 896. The quantitative estimate of drug-likeness (QED) is 0.813. The summed E-state index contributed by atoms with van der Waals surface area (Å²) < 4.78 is 2.00. The number of aryl methyl sites for hydroxylation is 1. The van der Waals surface area contributed by atoms with Gasteiger partial charge in [0.15, 0.2) is 5.65 Å². The molecule has 2 aliphatic rings. The Balaban J connectivity index is 1.76. The molecule has 3 heterocycles. The van der Waals surface area contributed by atoms with Gasteiger partial charge in [-0.15, -0.1) is 0 Å². The average molecular weight is 384 g/mol. The molecule has 2 aromatic heterocycles. The first kappa shape index (κ1) is 19.4. The van der Waals surface area contributed by atoms with Gasteiger partial charge in [0.05, 0.1) is 22.2 Å². The molecule has 0 unspecified atom stereocenters. The van der Waals surface area contributed by atoms with Crippen molar-refractivity contribution in [3.05, 3.63) is 23.0 Å². The van der Waals surface area contributed by atoms with E-state index in [1.165, 1.54) is 12.8 Å². The first-order chi connectivity index (χ1) is 13.2. The molecule has 1 saturated heterocycles. The van der Waals surface area contributed by atoms with Crippen LogP contribution in [-0.2, 0) is 5.54 Å². The predicted molar refractivity (Wildman–Crippen MR) is 112 cm³/mol. The van der Waals surface area contributed by atoms with Crippen LogP contribution in [-0.4, -0.2) is 62.7 Å². The molecular weight excluding hydrogens is 350 g/mol. The average Bonchev–Trinajstić information content (AvgIpc) is 3.43. The van der Waals surface area contributed by atoms with Crippen LogP contribution in [0.3, 0.4) is 0 Å². The Morgan fingerprint density at radius 2 is 1.79 bits per heavy atom. The number of rotatable bonds is 3. The highest BCUT2D eigenvalue weighted by Gasteiger charge is 2.32. The summed E-state index contributed by atoms with van der Waals surface area (Å²) in [5.41, 5.74) is 3.42. The van der Waals surface area contributed by atoms with E-state index in [2.05, 4.69) is 45.6 Å². The minimum Gasteiger partial charge on any atom is -0.336 e. The maximum absolute atomic E-state index is 13.5. The number of carbonyl (C=O) groups is 1. The van der Waals surface area contributed by atoms with E-state index < -0.39 is 0 Å². The van der Waals surface area contributed by atoms with Crippen molar-refractivity contribution < 1.29 is 4.79 Å². The fraction of sp³-hybridized carbons (Fsp3) is 0.682.